The molecule has 0 bridgehead atoms. The number of nitrogens with one attached hydrogen (secondary N) is 3. The molecule has 3 heterocycles. The van der Waals surface area contributed by atoms with Crippen molar-refractivity contribution in [3.8, 4) is 0 Å². The summed E-state index contributed by atoms with van der Waals surface area (Å²) in [6, 6.07) is 5.79. The first kappa shape index (κ1) is 20.7. The highest BCUT2D eigenvalue weighted by atomic mass is 32.2. The van der Waals surface area contributed by atoms with Gasteiger partial charge in [-0.15, -0.1) is 11.8 Å². The molecule has 3 fully saturated rings. The quantitative estimate of drug-likeness (QED) is 0.460. The Hall–Kier alpha value is -2.59. The monoisotopic (exact) mass is 432 g/mol. The van der Waals surface area contributed by atoms with Gasteiger partial charge in [-0.2, -0.15) is 0 Å². The van der Waals surface area contributed by atoms with Crippen molar-refractivity contribution in [2.45, 2.75) is 54.6 Å². The maximum absolute atomic E-state index is 13.1. The van der Waals surface area contributed by atoms with E-state index in [1.807, 2.05) is 6.07 Å². The lowest BCUT2D eigenvalue weighted by molar-refractivity contribution is -0.161. The first-order valence-electron chi connectivity index (χ1n) is 9.82. The van der Waals surface area contributed by atoms with Crippen molar-refractivity contribution in [1.82, 2.24) is 20.9 Å². The van der Waals surface area contributed by atoms with Crippen molar-refractivity contribution < 1.29 is 24.3 Å². The third-order valence-electron chi connectivity index (χ3n) is 5.79. The summed E-state index contributed by atoms with van der Waals surface area (Å²) < 4.78 is -0.672. The molecule has 3 unspecified atom stereocenters. The predicted molar refractivity (Wildman–Crippen MR) is 109 cm³/mol. The van der Waals surface area contributed by atoms with E-state index >= 15 is 0 Å². The minimum Gasteiger partial charge on any atom is -0.480 e. The number of carbonyl (C=O) groups is 4. The van der Waals surface area contributed by atoms with E-state index in [0.717, 1.165) is 6.54 Å². The number of hydrogen-bond acceptors (Lipinski definition) is 6. The Kier molecular flexibility index (Phi) is 5.23. The lowest BCUT2D eigenvalue weighted by Crippen LogP contribution is -2.71. The molecule has 0 aliphatic carbocycles. The van der Waals surface area contributed by atoms with E-state index in [1.165, 1.54) is 16.7 Å². The number of nitrogens with zero attached hydrogens (tertiary/aromatic N) is 1. The van der Waals surface area contributed by atoms with Gasteiger partial charge in [0.2, 0.25) is 17.7 Å². The van der Waals surface area contributed by atoms with Gasteiger partial charge in [-0.1, -0.05) is 30.3 Å². The van der Waals surface area contributed by atoms with Crippen LogP contribution in [0.1, 0.15) is 31.9 Å². The SMILES string of the molecule is CC1(C)S[C@@H]2C(NC(=O)C(NC(=O)C3CCN3)c3ccccc3)C(=O)N2[C@H]1C(=O)O. The topological polar surface area (TPSA) is 128 Å². The van der Waals surface area contributed by atoms with Crippen LogP contribution in [0, 0.1) is 0 Å². The molecule has 0 spiro atoms. The van der Waals surface area contributed by atoms with Crippen LogP contribution in [0.5, 0.6) is 0 Å². The van der Waals surface area contributed by atoms with Gasteiger partial charge in [0.15, 0.2) is 0 Å². The van der Waals surface area contributed by atoms with E-state index < -0.39 is 46.0 Å². The van der Waals surface area contributed by atoms with E-state index in [-0.39, 0.29) is 11.9 Å². The molecule has 4 N–H and O–H groups in total. The molecule has 3 aliphatic heterocycles. The maximum atomic E-state index is 13.1. The molecule has 160 valence electrons. The van der Waals surface area contributed by atoms with E-state index in [9.17, 15) is 24.3 Å². The number of hydrogen-bond donors (Lipinski definition) is 4. The minimum atomic E-state index is -1.06. The molecule has 4 rings (SSSR count). The summed E-state index contributed by atoms with van der Waals surface area (Å²) in [6.45, 7) is 4.31. The highest BCUT2D eigenvalue weighted by Crippen LogP contribution is 2.50. The number of aliphatic carboxylic acids is 1. The molecule has 3 saturated heterocycles. The van der Waals surface area contributed by atoms with E-state index in [2.05, 4.69) is 16.0 Å². The molecule has 5 atom stereocenters. The molecular formula is C20H24N4O5S. The smallest absolute Gasteiger partial charge is 0.327 e. The molecule has 1 aromatic rings. The van der Waals surface area contributed by atoms with Crippen LogP contribution in [-0.4, -0.2) is 68.5 Å². The number of fused-ring (bicyclic) bond motifs is 1. The third-order valence-corrected chi connectivity index (χ3v) is 7.37. The van der Waals surface area contributed by atoms with Gasteiger partial charge in [0.25, 0.3) is 0 Å². The molecule has 10 heteroatoms. The second-order valence-electron chi connectivity index (χ2n) is 8.23. The number of carboxylic acids is 1. The summed E-state index contributed by atoms with van der Waals surface area (Å²) in [7, 11) is 0. The summed E-state index contributed by atoms with van der Waals surface area (Å²) in [5.41, 5.74) is 0.606. The lowest BCUT2D eigenvalue weighted by Gasteiger charge is -2.44. The molecular weight excluding hydrogens is 408 g/mol. The standard InChI is InChI=1S/C20H24N4O5S/c1-20(2)14(19(28)29)24-17(27)13(18(24)30-20)23-16(26)12(10-6-4-3-5-7-10)22-15(25)11-8-9-21-11/h3-7,11-14,18,21H,8-9H2,1-2H3,(H,22,25)(H,23,26)(H,28,29)/t11?,12?,13?,14-,18+/m0/s1. The zero-order valence-corrected chi connectivity index (χ0v) is 17.4. The van der Waals surface area contributed by atoms with Gasteiger partial charge in [-0.25, -0.2) is 4.79 Å². The van der Waals surface area contributed by atoms with Gasteiger partial charge < -0.3 is 26.0 Å². The lowest BCUT2D eigenvalue weighted by atomic mass is 9.95. The first-order chi connectivity index (χ1) is 14.2. The van der Waals surface area contributed by atoms with E-state index in [1.54, 1.807) is 38.1 Å². The number of amides is 3. The van der Waals surface area contributed by atoms with Gasteiger partial charge in [0.1, 0.15) is 23.5 Å². The molecule has 3 amide bonds. The number of thioether (sulfide) groups is 1. The van der Waals surface area contributed by atoms with Crippen LogP contribution < -0.4 is 16.0 Å². The van der Waals surface area contributed by atoms with Gasteiger partial charge in [-0.3, -0.25) is 14.4 Å². The number of carboxylic acid groups (broad SMARTS) is 1. The Morgan fingerprint density at radius 2 is 1.93 bits per heavy atom. The zero-order chi connectivity index (χ0) is 21.6. The largest absolute Gasteiger partial charge is 0.480 e. The van der Waals surface area contributed by atoms with Gasteiger partial charge in [0, 0.05) is 4.75 Å². The predicted octanol–water partition coefficient (Wildman–Crippen LogP) is -0.162. The Morgan fingerprint density at radius 3 is 2.50 bits per heavy atom. The molecule has 30 heavy (non-hydrogen) atoms. The highest BCUT2D eigenvalue weighted by Gasteiger charge is 2.64. The Labute approximate surface area is 177 Å². The Balaban J connectivity index is 1.50. The Morgan fingerprint density at radius 1 is 1.27 bits per heavy atom. The van der Waals surface area contributed by atoms with E-state index in [0.29, 0.717) is 12.0 Å². The molecule has 0 aromatic heterocycles. The van der Waals surface area contributed by atoms with Crippen molar-refractivity contribution in [1.29, 1.82) is 0 Å². The van der Waals surface area contributed by atoms with Gasteiger partial charge >= 0.3 is 5.97 Å². The van der Waals surface area contributed by atoms with Crippen molar-refractivity contribution in [2.75, 3.05) is 6.54 Å². The maximum Gasteiger partial charge on any atom is 0.327 e. The fourth-order valence-electron chi connectivity index (χ4n) is 4.08. The van der Waals surface area contributed by atoms with Gasteiger partial charge in [0.05, 0.1) is 6.04 Å². The fourth-order valence-corrected chi connectivity index (χ4v) is 5.71. The van der Waals surface area contributed by atoms with Crippen LogP contribution in [0.3, 0.4) is 0 Å². The number of β-lactam (4-membered cyclic amide) rings is 1. The summed E-state index contributed by atoms with van der Waals surface area (Å²) in [5, 5.41) is 17.6. The van der Waals surface area contributed by atoms with Crippen LogP contribution in [0.25, 0.3) is 0 Å². The average Bonchev–Trinajstić information content (AvgIpc) is 2.91. The normalized spacial score (nSPS) is 29.8. The van der Waals surface area contributed by atoms with Crippen molar-refractivity contribution >= 4 is 35.5 Å². The molecule has 1 aromatic carbocycles. The van der Waals surface area contributed by atoms with Crippen LogP contribution in [0.15, 0.2) is 30.3 Å². The van der Waals surface area contributed by atoms with Crippen molar-refractivity contribution in [3.63, 3.8) is 0 Å². The Bertz CT molecular complexity index is 888. The van der Waals surface area contributed by atoms with Crippen molar-refractivity contribution in [3.05, 3.63) is 35.9 Å². The first-order valence-corrected chi connectivity index (χ1v) is 10.7. The third kappa shape index (κ3) is 3.43. The van der Waals surface area contributed by atoms with Crippen LogP contribution in [0.2, 0.25) is 0 Å². The van der Waals surface area contributed by atoms with Crippen molar-refractivity contribution in [2.24, 2.45) is 0 Å². The molecule has 9 nitrogen and oxygen atoms in total. The molecule has 0 radical (unpaired) electrons. The second-order valence-corrected chi connectivity index (χ2v) is 10.0. The molecule has 0 saturated carbocycles. The van der Waals surface area contributed by atoms with Crippen LogP contribution >= 0.6 is 11.8 Å². The minimum absolute atomic E-state index is 0.269. The van der Waals surface area contributed by atoms with Crippen LogP contribution in [0.4, 0.5) is 0 Å². The van der Waals surface area contributed by atoms with Crippen LogP contribution in [-0.2, 0) is 19.2 Å². The van der Waals surface area contributed by atoms with E-state index in [4.69, 9.17) is 0 Å². The molecule has 3 aliphatic rings. The summed E-state index contributed by atoms with van der Waals surface area (Å²) in [6.07, 6.45) is 0.704. The van der Waals surface area contributed by atoms with Gasteiger partial charge in [-0.05, 0) is 32.4 Å². The number of benzene rings is 1. The summed E-state index contributed by atoms with van der Waals surface area (Å²) >= 11 is 1.36. The average molecular weight is 433 g/mol. The highest BCUT2D eigenvalue weighted by molar-refractivity contribution is 8.01. The second kappa shape index (κ2) is 7.59. The summed E-state index contributed by atoms with van der Waals surface area (Å²) in [5.74, 6) is -2.24. The number of rotatable bonds is 6. The zero-order valence-electron chi connectivity index (χ0n) is 16.6. The fraction of sp³-hybridized carbons (Fsp3) is 0.500. The summed E-state index contributed by atoms with van der Waals surface area (Å²) in [4.78, 5) is 51.1. The number of carbonyl (C=O) groups excluding carboxylic acids is 3.